The molecular weight excluding hydrogens is 456 g/mol. The summed E-state index contributed by atoms with van der Waals surface area (Å²) >= 11 is 0. The highest BCUT2D eigenvalue weighted by Gasteiger charge is 2.01. The molecule has 0 fully saturated rings. The lowest BCUT2D eigenvalue weighted by atomic mass is 10.1. The topological polar surface area (TPSA) is 101 Å². The third kappa shape index (κ3) is 12.7. The fourth-order valence-electron chi connectivity index (χ4n) is 3.48. The SMILES string of the molecule is COc1ccc(C=NNC(=O)CCCCCCCCCCC(=O)NN=Cc2ccc(OC)cc2)cc1. The van der Waals surface area contributed by atoms with E-state index in [9.17, 15) is 9.59 Å². The van der Waals surface area contributed by atoms with Gasteiger partial charge in [-0.2, -0.15) is 10.2 Å². The second kappa shape index (κ2) is 17.7. The first-order chi connectivity index (χ1) is 17.6. The molecule has 0 heterocycles. The standard InChI is InChI=1S/C28H38N4O4/c1-35-25-17-13-23(14-18-25)21-29-31-27(33)11-9-7-5-3-4-6-8-10-12-28(34)32-30-22-24-15-19-26(36-2)20-16-24/h13-22H,3-12H2,1-2H3,(H,31,33)(H,32,34). The van der Waals surface area contributed by atoms with Crippen LogP contribution in [0.15, 0.2) is 58.7 Å². The van der Waals surface area contributed by atoms with Crippen molar-refractivity contribution in [3.8, 4) is 11.5 Å². The Hall–Kier alpha value is -3.68. The van der Waals surface area contributed by atoms with E-state index in [0.29, 0.717) is 12.8 Å². The van der Waals surface area contributed by atoms with Gasteiger partial charge in [-0.3, -0.25) is 9.59 Å². The zero-order valence-electron chi connectivity index (χ0n) is 21.4. The Labute approximate surface area is 214 Å². The van der Waals surface area contributed by atoms with Gasteiger partial charge in [-0.05, 0) is 72.5 Å². The van der Waals surface area contributed by atoms with Gasteiger partial charge in [0.2, 0.25) is 11.8 Å². The number of hydrogen-bond donors (Lipinski definition) is 2. The number of nitrogens with zero attached hydrogens (tertiary/aromatic N) is 2. The molecule has 0 spiro atoms. The van der Waals surface area contributed by atoms with E-state index < -0.39 is 0 Å². The molecule has 2 aromatic carbocycles. The molecular formula is C28H38N4O4. The van der Waals surface area contributed by atoms with Gasteiger partial charge in [0.1, 0.15) is 11.5 Å². The summed E-state index contributed by atoms with van der Waals surface area (Å²) in [4.78, 5) is 23.7. The largest absolute Gasteiger partial charge is 0.497 e. The van der Waals surface area contributed by atoms with Gasteiger partial charge in [0.05, 0.1) is 26.6 Å². The highest BCUT2D eigenvalue weighted by Crippen LogP contribution is 2.12. The molecule has 8 heteroatoms. The first-order valence-corrected chi connectivity index (χ1v) is 12.5. The predicted molar refractivity (Wildman–Crippen MR) is 144 cm³/mol. The van der Waals surface area contributed by atoms with Gasteiger partial charge in [-0.1, -0.05) is 38.5 Å². The summed E-state index contributed by atoms with van der Waals surface area (Å²) in [6.45, 7) is 0. The molecule has 194 valence electrons. The van der Waals surface area contributed by atoms with E-state index in [1.807, 2.05) is 48.5 Å². The molecule has 0 aliphatic carbocycles. The lowest BCUT2D eigenvalue weighted by Gasteiger charge is -2.03. The number of unbranched alkanes of at least 4 members (excludes halogenated alkanes) is 7. The fourth-order valence-corrected chi connectivity index (χ4v) is 3.48. The number of rotatable bonds is 17. The number of ether oxygens (including phenoxy) is 2. The summed E-state index contributed by atoms with van der Waals surface area (Å²) in [6, 6.07) is 14.9. The number of benzene rings is 2. The molecule has 0 radical (unpaired) electrons. The molecule has 0 aromatic heterocycles. The molecule has 2 rings (SSSR count). The van der Waals surface area contributed by atoms with E-state index in [2.05, 4.69) is 21.1 Å². The Kier molecular flexibility index (Phi) is 14.0. The van der Waals surface area contributed by atoms with Gasteiger partial charge in [-0.15, -0.1) is 0 Å². The van der Waals surface area contributed by atoms with Gasteiger partial charge in [0.15, 0.2) is 0 Å². The van der Waals surface area contributed by atoms with Crippen LogP contribution in [0.5, 0.6) is 11.5 Å². The van der Waals surface area contributed by atoms with Crippen molar-refractivity contribution in [1.29, 1.82) is 0 Å². The van der Waals surface area contributed by atoms with Gasteiger partial charge in [0, 0.05) is 12.8 Å². The number of carbonyl (C=O) groups excluding carboxylic acids is 2. The number of methoxy groups -OCH3 is 2. The summed E-state index contributed by atoms with van der Waals surface area (Å²) in [5, 5.41) is 7.99. The smallest absolute Gasteiger partial charge is 0.240 e. The molecule has 0 saturated carbocycles. The van der Waals surface area contributed by atoms with Crippen LogP contribution in [0.1, 0.15) is 75.3 Å². The average molecular weight is 495 g/mol. The van der Waals surface area contributed by atoms with E-state index >= 15 is 0 Å². The third-order valence-corrected chi connectivity index (χ3v) is 5.60. The summed E-state index contributed by atoms with van der Waals surface area (Å²) in [5.41, 5.74) is 6.94. The predicted octanol–water partition coefficient (Wildman–Crippen LogP) is 5.21. The minimum atomic E-state index is -0.0635. The number of amides is 2. The summed E-state index contributed by atoms with van der Waals surface area (Å²) < 4.78 is 10.2. The molecule has 8 nitrogen and oxygen atoms in total. The minimum Gasteiger partial charge on any atom is -0.497 e. The van der Waals surface area contributed by atoms with Crippen LogP contribution >= 0.6 is 0 Å². The van der Waals surface area contributed by atoms with Gasteiger partial charge < -0.3 is 9.47 Å². The van der Waals surface area contributed by atoms with E-state index in [1.165, 1.54) is 0 Å². The third-order valence-electron chi connectivity index (χ3n) is 5.60. The van der Waals surface area contributed by atoms with Gasteiger partial charge in [-0.25, -0.2) is 10.9 Å². The lowest BCUT2D eigenvalue weighted by molar-refractivity contribution is -0.122. The lowest BCUT2D eigenvalue weighted by Crippen LogP contribution is -2.16. The Morgan fingerprint density at radius 3 is 1.28 bits per heavy atom. The molecule has 0 aliphatic rings. The van der Waals surface area contributed by atoms with Crippen molar-refractivity contribution >= 4 is 24.2 Å². The van der Waals surface area contributed by atoms with E-state index in [0.717, 1.165) is 74.0 Å². The van der Waals surface area contributed by atoms with Crippen LogP contribution in [0.4, 0.5) is 0 Å². The Morgan fingerprint density at radius 2 is 0.944 bits per heavy atom. The van der Waals surface area contributed by atoms with Crippen molar-refractivity contribution in [3.63, 3.8) is 0 Å². The number of carbonyl (C=O) groups is 2. The van der Waals surface area contributed by atoms with Crippen LogP contribution in [0, 0.1) is 0 Å². The highest BCUT2D eigenvalue weighted by atomic mass is 16.5. The molecule has 0 aliphatic heterocycles. The fraction of sp³-hybridized carbons (Fsp3) is 0.429. The van der Waals surface area contributed by atoms with Crippen molar-refractivity contribution in [1.82, 2.24) is 10.9 Å². The molecule has 0 unspecified atom stereocenters. The molecule has 0 saturated heterocycles. The average Bonchev–Trinajstić information content (AvgIpc) is 2.90. The highest BCUT2D eigenvalue weighted by molar-refractivity contribution is 5.83. The minimum absolute atomic E-state index is 0.0635. The molecule has 0 bridgehead atoms. The zero-order valence-corrected chi connectivity index (χ0v) is 21.4. The van der Waals surface area contributed by atoms with Crippen molar-refractivity contribution in [2.45, 2.75) is 64.2 Å². The van der Waals surface area contributed by atoms with E-state index in [4.69, 9.17) is 9.47 Å². The van der Waals surface area contributed by atoms with Crippen LogP contribution in [0.25, 0.3) is 0 Å². The summed E-state index contributed by atoms with van der Waals surface area (Å²) in [7, 11) is 3.24. The zero-order chi connectivity index (χ0) is 25.8. The van der Waals surface area contributed by atoms with Crippen LogP contribution < -0.4 is 20.3 Å². The molecule has 2 N–H and O–H groups in total. The molecule has 0 atom stereocenters. The van der Waals surface area contributed by atoms with Crippen LogP contribution in [0.3, 0.4) is 0 Å². The van der Waals surface area contributed by atoms with E-state index in [-0.39, 0.29) is 11.8 Å². The van der Waals surface area contributed by atoms with Crippen molar-refractivity contribution < 1.29 is 19.1 Å². The molecule has 2 aromatic rings. The second-order valence-electron chi connectivity index (χ2n) is 8.46. The summed E-state index contributed by atoms with van der Waals surface area (Å²) in [6.07, 6.45) is 12.5. The number of hydrogen-bond acceptors (Lipinski definition) is 6. The van der Waals surface area contributed by atoms with Crippen LogP contribution in [-0.4, -0.2) is 38.5 Å². The van der Waals surface area contributed by atoms with Gasteiger partial charge >= 0.3 is 0 Å². The Balaban J connectivity index is 1.40. The van der Waals surface area contributed by atoms with Crippen LogP contribution in [0.2, 0.25) is 0 Å². The van der Waals surface area contributed by atoms with Crippen molar-refractivity contribution in [2.24, 2.45) is 10.2 Å². The monoisotopic (exact) mass is 494 g/mol. The maximum absolute atomic E-state index is 11.9. The van der Waals surface area contributed by atoms with Gasteiger partial charge in [0.25, 0.3) is 0 Å². The maximum atomic E-state index is 11.9. The maximum Gasteiger partial charge on any atom is 0.240 e. The van der Waals surface area contributed by atoms with Crippen molar-refractivity contribution in [3.05, 3.63) is 59.7 Å². The molecule has 36 heavy (non-hydrogen) atoms. The second-order valence-corrected chi connectivity index (χ2v) is 8.46. The van der Waals surface area contributed by atoms with E-state index in [1.54, 1.807) is 26.6 Å². The first kappa shape index (κ1) is 28.6. The first-order valence-electron chi connectivity index (χ1n) is 12.5. The quantitative estimate of drug-likeness (QED) is 0.179. The number of hydrazone groups is 2. The normalized spacial score (nSPS) is 11.1. The van der Waals surface area contributed by atoms with Crippen molar-refractivity contribution in [2.75, 3.05) is 14.2 Å². The number of nitrogens with one attached hydrogen (secondary N) is 2. The Bertz CT molecular complexity index is 877. The molecule has 2 amide bonds. The summed E-state index contributed by atoms with van der Waals surface area (Å²) in [5.74, 6) is 1.44. The Morgan fingerprint density at radius 1 is 0.611 bits per heavy atom. The van der Waals surface area contributed by atoms with Crippen LogP contribution in [-0.2, 0) is 9.59 Å².